The monoisotopic (exact) mass is 305 g/mol. The van der Waals surface area contributed by atoms with Crippen molar-refractivity contribution in [3.05, 3.63) is 76.3 Å². The molecule has 114 valence electrons. The molecule has 2 aromatic rings. The van der Waals surface area contributed by atoms with Crippen LogP contribution in [0.2, 0.25) is 0 Å². The van der Waals surface area contributed by atoms with E-state index in [-0.39, 0.29) is 0 Å². The van der Waals surface area contributed by atoms with Crippen LogP contribution >= 0.6 is 0 Å². The molecule has 0 aliphatic carbocycles. The van der Waals surface area contributed by atoms with Gasteiger partial charge in [-0.2, -0.15) is 0 Å². The maximum absolute atomic E-state index is 15.3. The van der Waals surface area contributed by atoms with Gasteiger partial charge in [-0.25, -0.2) is 8.80 Å². The molecule has 2 aliphatic heterocycles. The minimum absolute atomic E-state index is 0.954. The predicted octanol–water partition coefficient (Wildman–Crippen LogP) is 4.11. The number of rotatable bonds is 1. The Hall–Kier alpha value is -2.36. The third-order valence-electron chi connectivity index (χ3n) is 4.80. The Kier molecular flexibility index (Phi) is 2.99. The van der Waals surface area contributed by atoms with Crippen molar-refractivity contribution < 1.29 is 8.80 Å². The quantitative estimate of drug-likeness (QED) is 0.701. The summed E-state index contributed by atoms with van der Waals surface area (Å²) in [6.45, 7) is 8.08. The number of hydrogen-bond acceptors (Lipinski definition) is 0. The molecule has 1 aromatic heterocycles. The van der Waals surface area contributed by atoms with Gasteiger partial charge in [0.15, 0.2) is 11.4 Å². The minimum atomic E-state index is -1.19. The van der Waals surface area contributed by atoms with E-state index in [1.54, 1.807) is 0 Å². The molecule has 0 fully saturated rings. The van der Waals surface area contributed by atoms with Gasteiger partial charge in [-0.3, -0.25) is 4.48 Å². The van der Waals surface area contributed by atoms with Crippen molar-refractivity contribution >= 4 is 18.5 Å². The van der Waals surface area contributed by atoms with Crippen molar-refractivity contribution in [2.75, 3.05) is 0 Å². The van der Waals surface area contributed by atoms with Crippen molar-refractivity contribution in [2.24, 2.45) is 0 Å². The average molecular weight is 305 g/mol. The van der Waals surface area contributed by atoms with Crippen molar-refractivity contribution in [1.82, 2.24) is 4.48 Å². The third kappa shape index (κ3) is 1.84. The van der Waals surface area contributed by atoms with Gasteiger partial charge >= 0.3 is 7.26 Å². The van der Waals surface area contributed by atoms with E-state index < -0.39 is 7.26 Å². The zero-order valence-corrected chi connectivity index (χ0v) is 13.9. The van der Waals surface area contributed by atoms with Crippen molar-refractivity contribution in [2.45, 2.75) is 27.7 Å². The normalized spacial score (nSPS) is 16.7. The first kappa shape index (κ1) is 14.3. The molecule has 1 aromatic carbocycles. The van der Waals surface area contributed by atoms with E-state index in [1.165, 1.54) is 0 Å². The summed E-state index contributed by atoms with van der Waals surface area (Å²) in [6.07, 6.45) is 2.07. The minimum Gasteiger partial charge on any atom is -0.290 e. The van der Waals surface area contributed by atoms with Crippen LogP contribution in [0.3, 0.4) is 0 Å². The largest absolute Gasteiger partial charge is 0.846 e. The predicted molar refractivity (Wildman–Crippen MR) is 93.3 cm³/mol. The lowest BCUT2D eigenvalue weighted by molar-refractivity contribution is -0.336. The lowest BCUT2D eigenvalue weighted by atomic mass is 9.87. The van der Waals surface area contributed by atoms with Gasteiger partial charge in [0.1, 0.15) is 0 Å². The lowest BCUT2D eigenvalue weighted by Gasteiger charge is -2.22. The molecule has 0 N–H and O–H groups in total. The van der Waals surface area contributed by atoms with Gasteiger partial charge in [-0.15, -0.1) is 0 Å². The van der Waals surface area contributed by atoms with Gasteiger partial charge in [-0.1, -0.05) is 30.3 Å². The Balaban J connectivity index is 2.15. The van der Waals surface area contributed by atoms with Crippen LogP contribution in [0.1, 0.15) is 36.4 Å². The SMILES string of the molecule is CC1=CC(C)=[N+]2B(F)n3c(C)cc(C)c3C(c3ccccc3)=C12. The van der Waals surface area contributed by atoms with Crippen LogP contribution in [0.5, 0.6) is 0 Å². The van der Waals surface area contributed by atoms with E-state index >= 15 is 4.32 Å². The molecule has 0 saturated carbocycles. The highest BCUT2D eigenvalue weighted by Gasteiger charge is 2.51. The molecule has 0 saturated heterocycles. The molecule has 4 rings (SSSR count). The number of benzene rings is 1. The van der Waals surface area contributed by atoms with Crippen LogP contribution in [0.15, 0.2) is 53.7 Å². The topological polar surface area (TPSA) is 7.94 Å². The van der Waals surface area contributed by atoms with E-state index in [9.17, 15) is 0 Å². The van der Waals surface area contributed by atoms with Crippen molar-refractivity contribution in [1.29, 1.82) is 0 Å². The van der Waals surface area contributed by atoms with Gasteiger partial charge in [0.25, 0.3) is 0 Å². The molecule has 0 unspecified atom stereocenters. The fourth-order valence-electron chi connectivity index (χ4n) is 3.93. The Labute approximate surface area is 136 Å². The Morgan fingerprint density at radius 2 is 1.74 bits per heavy atom. The number of allylic oxidation sites excluding steroid dienone is 2. The molecule has 4 heteroatoms. The molecule has 0 amide bonds. The summed E-state index contributed by atoms with van der Waals surface area (Å²) in [7, 11) is -1.19. The van der Waals surface area contributed by atoms with Crippen LogP contribution in [-0.2, 0) is 0 Å². The molecule has 0 radical (unpaired) electrons. The van der Waals surface area contributed by atoms with Gasteiger partial charge in [0.05, 0.1) is 11.3 Å². The first-order valence-corrected chi connectivity index (χ1v) is 7.94. The van der Waals surface area contributed by atoms with Crippen LogP contribution in [0, 0.1) is 13.8 Å². The molecular formula is C19H19BFN2+. The Bertz CT molecular complexity index is 916. The highest BCUT2D eigenvalue weighted by molar-refractivity contribution is 6.43. The molecule has 23 heavy (non-hydrogen) atoms. The van der Waals surface area contributed by atoms with E-state index in [4.69, 9.17) is 0 Å². The summed E-state index contributed by atoms with van der Waals surface area (Å²) in [5.41, 5.74) is 8.39. The molecule has 3 heterocycles. The van der Waals surface area contributed by atoms with Gasteiger partial charge in [0.2, 0.25) is 0 Å². The number of fused-ring (bicyclic) bond motifs is 2. The van der Waals surface area contributed by atoms with E-state index in [0.717, 1.165) is 45.1 Å². The number of aromatic nitrogens is 1. The molecule has 0 atom stereocenters. The van der Waals surface area contributed by atoms with Gasteiger partial charge in [0, 0.05) is 24.3 Å². The fourth-order valence-corrected chi connectivity index (χ4v) is 3.93. The molecule has 2 aliphatic rings. The average Bonchev–Trinajstić information content (AvgIpc) is 2.98. The smallest absolute Gasteiger partial charge is 0.290 e. The molecule has 2 nitrogen and oxygen atoms in total. The summed E-state index contributed by atoms with van der Waals surface area (Å²) in [4.78, 5) is 0. The fraction of sp³-hybridized carbons (Fsp3) is 0.211. The van der Waals surface area contributed by atoms with Crippen LogP contribution in [0.4, 0.5) is 4.32 Å². The zero-order chi connectivity index (χ0) is 16.3. The summed E-state index contributed by atoms with van der Waals surface area (Å²) >= 11 is 0. The van der Waals surface area contributed by atoms with E-state index in [0.29, 0.717) is 0 Å². The highest BCUT2D eigenvalue weighted by atomic mass is 19.1. The summed E-state index contributed by atoms with van der Waals surface area (Å²) in [5, 5.41) is 0. The standard InChI is InChI=1S/C19H19BFN2/c1-12-10-14(3)22-18(12)17(16-8-6-5-7-9-16)19-13(2)11-15(4)23(19)20(22)21/h5-11H,1-4H3/q+1. The second-order valence-electron chi connectivity index (χ2n) is 6.43. The van der Waals surface area contributed by atoms with Gasteiger partial charge < -0.3 is 0 Å². The highest BCUT2D eigenvalue weighted by Crippen LogP contribution is 2.40. The molecule has 0 spiro atoms. The second-order valence-corrected chi connectivity index (χ2v) is 6.43. The summed E-state index contributed by atoms with van der Waals surface area (Å²) in [6, 6.07) is 12.4. The molecule has 0 bridgehead atoms. The van der Waals surface area contributed by atoms with Crippen molar-refractivity contribution in [3.63, 3.8) is 0 Å². The lowest BCUT2D eigenvalue weighted by Crippen LogP contribution is -2.40. The van der Waals surface area contributed by atoms with Crippen LogP contribution < -0.4 is 0 Å². The Morgan fingerprint density at radius 1 is 1.04 bits per heavy atom. The van der Waals surface area contributed by atoms with E-state index in [1.807, 2.05) is 41.0 Å². The maximum atomic E-state index is 15.3. The second kappa shape index (κ2) is 4.82. The molecular weight excluding hydrogens is 286 g/mol. The summed E-state index contributed by atoms with van der Waals surface area (Å²) < 4.78 is 19.0. The van der Waals surface area contributed by atoms with Crippen LogP contribution in [0.25, 0.3) is 5.57 Å². The first-order chi connectivity index (χ1) is 11.0. The maximum Gasteiger partial charge on any atom is 0.846 e. The van der Waals surface area contributed by atoms with E-state index in [2.05, 4.69) is 38.1 Å². The van der Waals surface area contributed by atoms with Crippen LogP contribution in [-0.4, -0.2) is 21.9 Å². The first-order valence-electron chi connectivity index (χ1n) is 7.94. The Morgan fingerprint density at radius 3 is 2.43 bits per heavy atom. The number of aryl methyl sites for hydroxylation is 2. The summed E-state index contributed by atoms with van der Waals surface area (Å²) in [5.74, 6) is 0. The van der Waals surface area contributed by atoms with Crippen molar-refractivity contribution in [3.8, 4) is 0 Å². The van der Waals surface area contributed by atoms with Gasteiger partial charge in [-0.05, 0) is 38.0 Å². The number of nitrogens with zero attached hydrogens (tertiary/aromatic N) is 2. The third-order valence-corrected chi connectivity index (χ3v) is 4.80. The number of hydrogen-bond donors (Lipinski definition) is 0. The zero-order valence-electron chi connectivity index (χ0n) is 13.9. The number of halogens is 1.